The standard InChI is InChI=1S/C24H20BrN3O4/c1-2-31-21-13-17(12-19(25)22(21)32-15-16-8-4-3-5-9-16)14-26-28-23(29)18-10-6-7-11-20(18)27-24(28)30/h3-14H,2,15H2,1H3,(H,27,30). The molecule has 0 saturated heterocycles. The molecule has 1 aromatic heterocycles. The van der Waals surface area contributed by atoms with Crippen LogP contribution in [-0.2, 0) is 6.61 Å². The molecule has 0 amide bonds. The van der Waals surface area contributed by atoms with Gasteiger partial charge in [-0.25, -0.2) is 4.79 Å². The SMILES string of the molecule is CCOc1cc(C=Nn2c(=O)[nH]c3ccccc3c2=O)cc(Br)c1OCc1ccccc1. The Labute approximate surface area is 192 Å². The number of H-pyrrole nitrogens is 1. The lowest BCUT2D eigenvalue weighted by Gasteiger charge is -2.14. The molecule has 4 aromatic rings. The summed E-state index contributed by atoms with van der Waals surface area (Å²) in [5.74, 6) is 1.09. The average Bonchev–Trinajstić information content (AvgIpc) is 2.79. The van der Waals surface area contributed by atoms with E-state index < -0.39 is 11.2 Å². The van der Waals surface area contributed by atoms with Crippen molar-refractivity contribution in [2.45, 2.75) is 13.5 Å². The molecule has 162 valence electrons. The van der Waals surface area contributed by atoms with Crippen LogP contribution in [0, 0.1) is 0 Å². The molecule has 0 spiro atoms. The molecule has 7 nitrogen and oxygen atoms in total. The number of aromatic nitrogens is 2. The van der Waals surface area contributed by atoms with E-state index >= 15 is 0 Å². The van der Waals surface area contributed by atoms with Crippen LogP contribution in [-0.4, -0.2) is 22.5 Å². The summed E-state index contributed by atoms with van der Waals surface area (Å²) in [7, 11) is 0. The number of para-hydroxylation sites is 1. The number of benzene rings is 3. The van der Waals surface area contributed by atoms with Gasteiger partial charge in [-0.05, 0) is 58.2 Å². The number of aromatic amines is 1. The molecule has 0 bridgehead atoms. The van der Waals surface area contributed by atoms with Crippen molar-refractivity contribution in [1.29, 1.82) is 0 Å². The third-order valence-electron chi connectivity index (χ3n) is 4.66. The fraction of sp³-hybridized carbons (Fsp3) is 0.125. The van der Waals surface area contributed by atoms with Gasteiger partial charge in [0.15, 0.2) is 11.5 Å². The topological polar surface area (TPSA) is 85.7 Å². The van der Waals surface area contributed by atoms with E-state index in [0.717, 1.165) is 10.2 Å². The van der Waals surface area contributed by atoms with E-state index in [9.17, 15) is 9.59 Å². The predicted molar refractivity (Wildman–Crippen MR) is 128 cm³/mol. The van der Waals surface area contributed by atoms with Crippen LogP contribution in [0.1, 0.15) is 18.1 Å². The van der Waals surface area contributed by atoms with E-state index in [1.807, 2.05) is 37.3 Å². The predicted octanol–water partition coefficient (Wildman–Crippen LogP) is 4.31. The van der Waals surface area contributed by atoms with Crippen LogP contribution in [0.5, 0.6) is 11.5 Å². The normalized spacial score (nSPS) is 11.2. The second kappa shape index (κ2) is 9.65. The lowest BCUT2D eigenvalue weighted by atomic mass is 10.2. The highest BCUT2D eigenvalue weighted by Gasteiger charge is 2.13. The largest absolute Gasteiger partial charge is 0.490 e. The molecule has 32 heavy (non-hydrogen) atoms. The summed E-state index contributed by atoms with van der Waals surface area (Å²) >= 11 is 3.53. The molecule has 0 fully saturated rings. The fourth-order valence-electron chi connectivity index (χ4n) is 3.18. The first kappa shape index (κ1) is 21.6. The summed E-state index contributed by atoms with van der Waals surface area (Å²) in [4.78, 5) is 27.6. The average molecular weight is 494 g/mol. The summed E-state index contributed by atoms with van der Waals surface area (Å²) < 4.78 is 13.2. The Hall–Kier alpha value is -3.65. The van der Waals surface area contributed by atoms with E-state index in [2.05, 4.69) is 26.0 Å². The minimum Gasteiger partial charge on any atom is -0.490 e. The first-order chi connectivity index (χ1) is 15.6. The van der Waals surface area contributed by atoms with Crippen LogP contribution in [0.2, 0.25) is 0 Å². The Kier molecular flexibility index (Phi) is 6.51. The lowest BCUT2D eigenvalue weighted by molar-refractivity contribution is 0.267. The zero-order valence-corrected chi connectivity index (χ0v) is 18.8. The monoisotopic (exact) mass is 493 g/mol. The second-order valence-corrected chi connectivity index (χ2v) is 7.73. The molecule has 0 atom stereocenters. The minimum atomic E-state index is -0.614. The van der Waals surface area contributed by atoms with Gasteiger partial charge in [-0.3, -0.25) is 4.79 Å². The van der Waals surface area contributed by atoms with Crippen molar-refractivity contribution in [3.63, 3.8) is 0 Å². The smallest absolute Gasteiger partial charge is 0.349 e. The molecule has 1 heterocycles. The number of hydrogen-bond donors (Lipinski definition) is 1. The number of fused-ring (bicyclic) bond motifs is 1. The van der Waals surface area contributed by atoms with Gasteiger partial charge in [0.25, 0.3) is 5.56 Å². The molecule has 8 heteroatoms. The molecule has 0 unspecified atom stereocenters. The molecule has 0 radical (unpaired) electrons. The fourth-order valence-corrected chi connectivity index (χ4v) is 3.75. The van der Waals surface area contributed by atoms with Gasteiger partial charge >= 0.3 is 5.69 Å². The van der Waals surface area contributed by atoms with Crippen molar-refractivity contribution in [3.8, 4) is 11.5 Å². The van der Waals surface area contributed by atoms with Crippen molar-refractivity contribution < 1.29 is 9.47 Å². The number of nitrogens with zero attached hydrogens (tertiary/aromatic N) is 2. The highest BCUT2D eigenvalue weighted by atomic mass is 79.9. The maximum atomic E-state index is 12.7. The maximum absolute atomic E-state index is 12.7. The minimum absolute atomic E-state index is 0.380. The van der Waals surface area contributed by atoms with Crippen molar-refractivity contribution >= 4 is 33.0 Å². The van der Waals surface area contributed by atoms with E-state index in [4.69, 9.17) is 9.47 Å². The van der Waals surface area contributed by atoms with Gasteiger partial charge < -0.3 is 14.5 Å². The summed E-state index contributed by atoms with van der Waals surface area (Å²) in [6, 6.07) is 20.1. The maximum Gasteiger partial charge on any atom is 0.349 e. The zero-order valence-electron chi connectivity index (χ0n) is 17.2. The van der Waals surface area contributed by atoms with Gasteiger partial charge in [-0.1, -0.05) is 42.5 Å². The van der Waals surface area contributed by atoms with Gasteiger partial charge in [0.2, 0.25) is 0 Å². The Balaban J connectivity index is 1.66. The molecule has 0 aliphatic carbocycles. The van der Waals surface area contributed by atoms with Gasteiger partial charge in [0.05, 0.1) is 28.2 Å². The van der Waals surface area contributed by atoms with Crippen LogP contribution in [0.25, 0.3) is 10.9 Å². The first-order valence-corrected chi connectivity index (χ1v) is 10.8. The summed E-state index contributed by atoms with van der Waals surface area (Å²) in [5.41, 5.74) is 1.02. The number of nitrogens with one attached hydrogen (secondary N) is 1. The van der Waals surface area contributed by atoms with Crippen LogP contribution in [0.4, 0.5) is 0 Å². The van der Waals surface area contributed by atoms with Crippen LogP contribution in [0.3, 0.4) is 0 Å². The van der Waals surface area contributed by atoms with E-state index in [0.29, 0.717) is 45.7 Å². The van der Waals surface area contributed by atoms with Crippen LogP contribution in [0.15, 0.2) is 85.9 Å². The molecule has 3 aromatic carbocycles. The molecule has 0 saturated carbocycles. The quantitative estimate of drug-likeness (QED) is 0.388. The number of halogens is 1. The Bertz CT molecular complexity index is 1390. The molecular weight excluding hydrogens is 474 g/mol. The van der Waals surface area contributed by atoms with E-state index in [1.54, 1.807) is 36.4 Å². The summed E-state index contributed by atoms with van der Waals surface area (Å²) in [6.45, 7) is 2.71. The molecular formula is C24H20BrN3O4. The van der Waals surface area contributed by atoms with Gasteiger partial charge in [-0.15, -0.1) is 4.68 Å². The number of rotatable bonds is 7. The Morgan fingerprint density at radius 2 is 1.78 bits per heavy atom. The van der Waals surface area contributed by atoms with Crippen molar-refractivity contribution in [1.82, 2.24) is 9.66 Å². The third-order valence-corrected chi connectivity index (χ3v) is 5.25. The van der Waals surface area contributed by atoms with Crippen molar-refractivity contribution in [2.75, 3.05) is 6.61 Å². The van der Waals surface area contributed by atoms with E-state index in [-0.39, 0.29) is 0 Å². The molecule has 0 aliphatic rings. The highest BCUT2D eigenvalue weighted by molar-refractivity contribution is 9.10. The zero-order chi connectivity index (χ0) is 22.5. The third kappa shape index (κ3) is 4.65. The van der Waals surface area contributed by atoms with Gasteiger partial charge in [0.1, 0.15) is 6.61 Å². The number of hydrogen-bond acceptors (Lipinski definition) is 5. The molecule has 0 aliphatic heterocycles. The summed E-state index contributed by atoms with van der Waals surface area (Å²) in [6.07, 6.45) is 1.43. The lowest BCUT2D eigenvalue weighted by Crippen LogP contribution is -2.32. The van der Waals surface area contributed by atoms with Gasteiger partial charge in [0, 0.05) is 0 Å². The Morgan fingerprint density at radius 3 is 2.56 bits per heavy atom. The van der Waals surface area contributed by atoms with Crippen LogP contribution < -0.4 is 20.7 Å². The molecule has 4 rings (SSSR count). The number of ether oxygens (including phenoxy) is 2. The van der Waals surface area contributed by atoms with Crippen molar-refractivity contribution in [3.05, 3.63) is 103 Å². The highest BCUT2D eigenvalue weighted by Crippen LogP contribution is 2.37. The van der Waals surface area contributed by atoms with E-state index in [1.165, 1.54) is 6.21 Å². The van der Waals surface area contributed by atoms with Crippen molar-refractivity contribution in [2.24, 2.45) is 5.10 Å². The van der Waals surface area contributed by atoms with Gasteiger partial charge in [-0.2, -0.15) is 5.10 Å². The first-order valence-electron chi connectivity index (χ1n) is 9.98. The Morgan fingerprint density at radius 1 is 1.03 bits per heavy atom. The second-order valence-electron chi connectivity index (χ2n) is 6.87. The van der Waals surface area contributed by atoms with Crippen LogP contribution >= 0.6 is 15.9 Å². The summed E-state index contributed by atoms with van der Waals surface area (Å²) in [5, 5.41) is 4.49. The molecule has 1 N–H and O–H groups in total.